The standard InChI is InChI=1S/C20H17ClN2O/c21-19-9-5-4-8-17(19)16-12-13-22-20(18(16)14-23-24)11-10-15-6-2-1-3-7-15/h1-9,12-13H,10-11,14H2. The van der Waals surface area contributed by atoms with Gasteiger partial charge >= 0.3 is 0 Å². The zero-order chi connectivity index (χ0) is 16.8. The largest absolute Gasteiger partial charge is 0.261 e. The van der Waals surface area contributed by atoms with Crippen LogP contribution in [0.15, 0.2) is 72.0 Å². The van der Waals surface area contributed by atoms with Crippen molar-refractivity contribution < 1.29 is 0 Å². The summed E-state index contributed by atoms with van der Waals surface area (Å²) in [6.45, 7) is 0.0958. The Bertz CT molecular complexity index is 834. The van der Waals surface area contributed by atoms with Crippen molar-refractivity contribution in [3.63, 3.8) is 0 Å². The molecule has 0 spiro atoms. The monoisotopic (exact) mass is 336 g/mol. The molecule has 24 heavy (non-hydrogen) atoms. The van der Waals surface area contributed by atoms with Gasteiger partial charge in [-0.3, -0.25) is 4.98 Å². The van der Waals surface area contributed by atoms with Crippen LogP contribution in [0.3, 0.4) is 0 Å². The molecule has 0 N–H and O–H groups in total. The van der Waals surface area contributed by atoms with Crippen molar-refractivity contribution in [2.45, 2.75) is 19.4 Å². The molecule has 0 aliphatic rings. The minimum Gasteiger partial charge on any atom is -0.261 e. The molecular weight excluding hydrogens is 320 g/mol. The summed E-state index contributed by atoms with van der Waals surface area (Å²) >= 11 is 6.33. The summed E-state index contributed by atoms with van der Waals surface area (Å²) in [4.78, 5) is 15.4. The lowest BCUT2D eigenvalue weighted by atomic mass is 9.96. The molecule has 3 aromatic rings. The van der Waals surface area contributed by atoms with Crippen molar-refractivity contribution in [2.24, 2.45) is 5.18 Å². The van der Waals surface area contributed by atoms with E-state index in [4.69, 9.17) is 11.6 Å². The summed E-state index contributed by atoms with van der Waals surface area (Å²) in [6, 6.07) is 19.8. The Morgan fingerprint density at radius 2 is 1.62 bits per heavy atom. The molecule has 3 rings (SSSR count). The smallest absolute Gasteiger partial charge is 0.108 e. The van der Waals surface area contributed by atoms with Crippen LogP contribution in [0.2, 0.25) is 5.02 Å². The van der Waals surface area contributed by atoms with E-state index < -0.39 is 0 Å². The van der Waals surface area contributed by atoms with E-state index in [-0.39, 0.29) is 6.54 Å². The third-order valence-electron chi connectivity index (χ3n) is 4.03. The first-order chi connectivity index (χ1) is 11.8. The van der Waals surface area contributed by atoms with Crippen LogP contribution < -0.4 is 0 Å². The van der Waals surface area contributed by atoms with E-state index in [9.17, 15) is 4.91 Å². The van der Waals surface area contributed by atoms with E-state index >= 15 is 0 Å². The van der Waals surface area contributed by atoms with Crippen LogP contribution in [0.25, 0.3) is 11.1 Å². The number of benzene rings is 2. The number of pyridine rings is 1. The van der Waals surface area contributed by atoms with Gasteiger partial charge in [-0.15, -0.1) is 0 Å². The average molecular weight is 337 g/mol. The highest BCUT2D eigenvalue weighted by atomic mass is 35.5. The number of hydrogen-bond donors (Lipinski definition) is 0. The number of rotatable bonds is 6. The number of aromatic nitrogens is 1. The first-order valence-electron chi connectivity index (χ1n) is 7.84. The van der Waals surface area contributed by atoms with E-state index in [2.05, 4.69) is 22.3 Å². The lowest BCUT2D eigenvalue weighted by molar-refractivity contribution is 0.875. The van der Waals surface area contributed by atoms with Gasteiger partial charge in [-0.1, -0.05) is 65.3 Å². The van der Waals surface area contributed by atoms with Gasteiger partial charge in [0.15, 0.2) is 0 Å². The second-order valence-electron chi connectivity index (χ2n) is 5.54. The summed E-state index contributed by atoms with van der Waals surface area (Å²) in [6.07, 6.45) is 3.39. The highest BCUT2D eigenvalue weighted by Gasteiger charge is 2.14. The maximum absolute atomic E-state index is 11.0. The highest BCUT2D eigenvalue weighted by Crippen LogP contribution is 2.32. The van der Waals surface area contributed by atoms with Gasteiger partial charge in [-0.05, 0) is 36.1 Å². The first-order valence-corrected chi connectivity index (χ1v) is 8.22. The maximum Gasteiger partial charge on any atom is 0.108 e. The molecule has 1 aromatic heterocycles. The summed E-state index contributed by atoms with van der Waals surface area (Å²) < 4.78 is 0. The van der Waals surface area contributed by atoms with Gasteiger partial charge in [0.25, 0.3) is 0 Å². The Labute approximate surface area is 146 Å². The lowest BCUT2D eigenvalue weighted by Gasteiger charge is -2.13. The van der Waals surface area contributed by atoms with Gasteiger partial charge in [0.05, 0.1) is 0 Å². The van der Waals surface area contributed by atoms with E-state index in [0.717, 1.165) is 35.2 Å². The minimum absolute atomic E-state index is 0.0958. The summed E-state index contributed by atoms with van der Waals surface area (Å²) in [7, 11) is 0. The van der Waals surface area contributed by atoms with E-state index in [1.807, 2.05) is 48.5 Å². The van der Waals surface area contributed by atoms with Crippen molar-refractivity contribution in [3.05, 3.63) is 93.6 Å². The predicted molar refractivity (Wildman–Crippen MR) is 98.0 cm³/mol. The van der Waals surface area contributed by atoms with Crippen LogP contribution in [-0.4, -0.2) is 4.98 Å². The van der Waals surface area contributed by atoms with E-state index in [1.165, 1.54) is 5.56 Å². The molecule has 0 radical (unpaired) electrons. The predicted octanol–water partition coefficient (Wildman–Crippen LogP) is 5.45. The average Bonchev–Trinajstić information content (AvgIpc) is 2.62. The van der Waals surface area contributed by atoms with Gasteiger partial charge in [0.2, 0.25) is 0 Å². The molecule has 0 unspecified atom stereocenters. The number of aryl methyl sites for hydroxylation is 2. The number of nitrogens with zero attached hydrogens (tertiary/aromatic N) is 2. The lowest BCUT2D eigenvalue weighted by Crippen LogP contribution is -2.02. The molecular formula is C20H17ClN2O. The Hall–Kier alpha value is -2.52. The zero-order valence-electron chi connectivity index (χ0n) is 13.2. The molecule has 0 amide bonds. The van der Waals surface area contributed by atoms with Crippen LogP contribution in [0.5, 0.6) is 0 Å². The molecule has 0 atom stereocenters. The van der Waals surface area contributed by atoms with E-state index in [1.54, 1.807) is 6.20 Å². The van der Waals surface area contributed by atoms with Gasteiger partial charge < -0.3 is 0 Å². The molecule has 2 aromatic carbocycles. The molecule has 0 bridgehead atoms. The molecule has 0 aliphatic heterocycles. The van der Waals surface area contributed by atoms with Gasteiger partial charge in [-0.25, -0.2) is 0 Å². The SMILES string of the molecule is O=NCc1c(-c2ccccc2Cl)ccnc1CCc1ccccc1. The van der Waals surface area contributed by atoms with Crippen molar-refractivity contribution in [1.29, 1.82) is 0 Å². The summed E-state index contributed by atoms with van der Waals surface area (Å²) in [5, 5.41) is 3.76. The zero-order valence-corrected chi connectivity index (χ0v) is 13.9. The first kappa shape index (κ1) is 16.3. The van der Waals surface area contributed by atoms with Crippen LogP contribution in [0, 0.1) is 4.91 Å². The summed E-state index contributed by atoms with van der Waals surface area (Å²) in [5.74, 6) is 0. The third kappa shape index (κ3) is 3.69. The van der Waals surface area contributed by atoms with Crippen molar-refractivity contribution in [3.8, 4) is 11.1 Å². The fraction of sp³-hybridized carbons (Fsp3) is 0.150. The maximum atomic E-state index is 11.0. The van der Waals surface area contributed by atoms with Crippen LogP contribution in [-0.2, 0) is 19.4 Å². The highest BCUT2D eigenvalue weighted by molar-refractivity contribution is 6.33. The van der Waals surface area contributed by atoms with E-state index in [0.29, 0.717) is 5.02 Å². The molecule has 0 aliphatic carbocycles. The second-order valence-corrected chi connectivity index (χ2v) is 5.94. The van der Waals surface area contributed by atoms with Crippen LogP contribution in [0.4, 0.5) is 0 Å². The van der Waals surface area contributed by atoms with Crippen LogP contribution in [0.1, 0.15) is 16.8 Å². The Morgan fingerprint density at radius 3 is 2.38 bits per heavy atom. The van der Waals surface area contributed by atoms with Crippen molar-refractivity contribution in [1.82, 2.24) is 4.98 Å². The molecule has 0 saturated carbocycles. The fourth-order valence-corrected chi connectivity index (χ4v) is 3.07. The Morgan fingerprint density at radius 1 is 0.875 bits per heavy atom. The fourth-order valence-electron chi connectivity index (χ4n) is 2.83. The Balaban J connectivity index is 1.96. The topological polar surface area (TPSA) is 42.3 Å². The molecule has 120 valence electrons. The molecule has 1 heterocycles. The molecule has 4 heteroatoms. The normalized spacial score (nSPS) is 10.5. The number of halogens is 1. The Kier molecular flexibility index (Phi) is 5.34. The quantitative estimate of drug-likeness (QED) is 0.561. The summed E-state index contributed by atoms with van der Waals surface area (Å²) in [5.41, 5.74) is 4.83. The third-order valence-corrected chi connectivity index (χ3v) is 4.35. The second kappa shape index (κ2) is 7.84. The molecule has 3 nitrogen and oxygen atoms in total. The van der Waals surface area contributed by atoms with Gasteiger partial charge in [0.1, 0.15) is 6.54 Å². The van der Waals surface area contributed by atoms with Crippen molar-refractivity contribution in [2.75, 3.05) is 0 Å². The van der Waals surface area contributed by atoms with Gasteiger partial charge in [0, 0.05) is 28.0 Å². The van der Waals surface area contributed by atoms with Gasteiger partial charge in [-0.2, -0.15) is 4.91 Å². The molecule has 0 saturated heterocycles. The van der Waals surface area contributed by atoms with Crippen LogP contribution >= 0.6 is 11.6 Å². The van der Waals surface area contributed by atoms with Crippen molar-refractivity contribution >= 4 is 11.6 Å². The number of hydrogen-bond acceptors (Lipinski definition) is 3. The number of nitroso groups, excluding NO2 is 1. The minimum atomic E-state index is 0.0958. The molecule has 0 fully saturated rings.